The topological polar surface area (TPSA) is 62.5 Å². The van der Waals surface area contributed by atoms with Gasteiger partial charge in [-0.15, -0.1) is 0 Å². The fourth-order valence-corrected chi connectivity index (χ4v) is 3.36. The molecule has 0 bridgehead atoms. The van der Waals surface area contributed by atoms with Gasteiger partial charge in [-0.3, -0.25) is 4.79 Å². The van der Waals surface area contributed by atoms with Gasteiger partial charge in [0, 0.05) is 37.4 Å². The minimum Gasteiger partial charge on any atom is -0.368 e. The first-order valence-electron chi connectivity index (χ1n) is 9.48. The molecule has 3 aromatic rings. The van der Waals surface area contributed by atoms with Crippen LogP contribution >= 0.6 is 0 Å². The van der Waals surface area contributed by atoms with Crippen molar-refractivity contribution in [3.05, 3.63) is 66.0 Å². The molecule has 1 aliphatic rings. The second-order valence-corrected chi connectivity index (χ2v) is 6.97. The smallest absolute Gasteiger partial charge is 0.368 e. The zero-order valence-corrected chi connectivity index (χ0v) is 16.0. The largest absolute Gasteiger partial charge is 0.416 e. The van der Waals surface area contributed by atoms with Gasteiger partial charge in [-0.1, -0.05) is 29.4 Å². The molecular weight excluding hydrogens is 397 g/mol. The van der Waals surface area contributed by atoms with Crippen LogP contribution in [0.15, 0.2) is 59.1 Å². The highest BCUT2D eigenvalue weighted by Crippen LogP contribution is 2.31. The van der Waals surface area contributed by atoms with Crippen molar-refractivity contribution < 1.29 is 22.5 Å². The van der Waals surface area contributed by atoms with E-state index in [1.54, 1.807) is 11.0 Å². The molecule has 2 aromatic carbocycles. The molecule has 9 heteroatoms. The fraction of sp³-hybridized carbons (Fsp3) is 0.286. The number of anilines is 1. The Bertz CT molecular complexity index is 1010. The fourth-order valence-electron chi connectivity index (χ4n) is 3.36. The van der Waals surface area contributed by atoms with E-state index in [1.807, 2.05) is 35.2 Å². The minimum absolute atomic E-state index is 0.0138. The number of hydrogen-bond donors (Lipinski definition) is 0. The molecule has 1 fully saturated rings. The van der Waals surface area contributed by atoms with Crippen molar-refractivity contribution >= 4 is 11.6 Å². The van der Waals surface area contributed by atoms with Crippen LogP contribution in [0.2, 0.25) is 0 Å². The van der Waals surface area contributed by atoms with Crippen molar-refractivity contribution in [1.29, 1.82) is 0 Å². The number of benzene rings is 2. The predicted octanol–water partition coefficient (Wildman–Crippen LogP) is 3.65. The zero-order chi connectivity index (χ0) is 21.1. The van der Waals surface area contributed by atoms with Crippen molar-refractivity contribution in [2.45, 2.75) is 12.6 Å². The van der Waals surface area contributed by atoms with Crippen LogP contribution in [0.4, 0.5) is 18.9 Å². The number of nitrogens with zero attached hydrogens (tertiary/aromatic N) is 4. The summed E-state index contributed by atoms with van der Waals surface area (Å²) in [6, 6.07) is 14.5. The number of alkyl halides is 3. The monoisotopic (exact) mass is 416 g/mol. The van der Waals surface area contributed by atoms with Crippen LogP contribution < -0.4 is 4.90 Å². The zero-order valence-electron chi connectivity index (χ0n) is 16.0. The van der Waals surface area contributed by atoms with E-state index in [1.165, 1.54) is 6.07 Å². The van der Waals surface area contributed by atoms with Crippen molar-refractivity contribution in [3.8, 4) is 11.5 Å². The van der Waals surface area contributed by atoms with Crippen LogP contribution in [-0.2, 0) is 17.4 Å². The van der Waals surface area contributed by atoms with Crippen LogP contribution in [-0.4, -0.2) is 47.1 Å². The van der Waals surface area contributed by atoms with E-state index in [9.17, 15) is 18.0 Å². The summed E-state index contributed by atoms with van der Waals surface area (Å²) in [6.45, 7) is 1.74. The molecule has 1 amide bonds. The number of rotatable bonds is 4. The number of carbonyl (C=O) groups is 1. The molecule has 0 radical (unpaired) electrons. The molecule has 1 aromatic heterocycles. The van der Waals surface area contributed by atoms with Crippen molar-refractivity contribution in [1.82, 2.24) is 15.0 Å². The van der Waals surface area contributed by atoms with E-state index in [0.29, 0.717) is 43.6 Å². The second-order valence-electron chi connectivity index (χ2n) is 6.97. The highest BCUT2D eigenvalue weighted by atomic mass is 19.4. The van der Waals surface area contributed by atoms with E-state index in [0.717, 1.165) is 17.7 Å². The van der Waals surface area contributed by atoms with E-state index >= 15 is 0 Å². The number of aromatic nitrogens is 2. The summed E-state index contributed by atoms with van der Waals surface area (Å²) >= 11 is 0. The summed E-state index contributed by atoms with van der Waals surface area (Å²) in [5.41, 5.74) is 0.603. The summed E-state index contributed by atoms with van der Waals surface area (Å²) in [5.74, 6) is 0.519. The van der Waals surface area contributed by atoms with Crippen LogP contribution in [0.3, 0.4) is 0 Å². The first-order chi connectivity index (χ1) is 14.4. The standard InChI is InChI=1S/C21H19F3N4O2/c22-21(23,24)16-7-4-8-17(13-16)27-9-11-28(12-10-27)19(29)14-18-25-20(30-26-18)15-5-2-1-3-6-15/h1-8,13H,9-12,14H2. The van der Waals surface area contributed by atoms with E-state index in [4.69, 9.17) is 4.52 Å². The number of carbonyl (C=O) groups excluding carboxylic acids is 1. The number of halogens is 3. The molecule has 6 nitrogen and oxygen atoms in total. The van der Waals surface area contributed by atoms with Crippen molar-refractivity contribution in [2.24, 2.45) is 0 Å². The molecular formula is C21H19F3N4O2. The third-order valence-corrected chi connectivity index (χ3v) is 4.97. The lowest BCUT2D eigenvalue weighted by molar-refractivity contribution is -0.137. The van der Waals surface area contributed by atoms with Gasteiger partial charge >= 0.3 is 6.18 Å². The Morgan fingerprint density at radius 2 is 1.73 bits per heavy atom. The summed E-state index contributed by atoms with van der Waals surface area (Å²) < 4.78 is 44.0. The van der Waals surface area contributed by atoms with Gasteiger partial charge in [-0.2, -0.15) is 18.2 Å². The molecule has 2 heterocycles. The molecule has 0 saturated carbocycles. The maximum atomic E-state index is 12.9. The molecule has 1 saturated heterocycles. The molecule has 0 unspecified atom stereocenters. The summed E-state index contributed by atoms with van der Waals surface area (Å²) in [4.78, 5) is 20.4. The summed E-state index contributed by atoms with van der Waals surface area (Å²) in [6.07, 6.45) is -4.36. The SMILES string of the molecule is O=C(Cc1noc(-c2ccccc2)n1)N1CCN(c2cccc(C(F)(F)F)c2)CC1. The first-order valence-corrected chi connectivity index (χ1v) is 9.48. The summed E-state index contributed by atoms with van der Waals surface area (Å²) in [5, 5.41) is 3.87. The Morgan fingerprint density at radius 1 is 1.00 bits per heavy atom. The average molecular weight is 416 g/mol. The average Bonchev–Trinajstić information content (AvgIpc) is 3.22. The van der Waals surface area contributed by atoms with Gasteiger partial charge in [0.05, 0.1) is 12.0 Å². The normalized spacial score (nSPS) is 14.8. The minimum atomic E-state index is -4.38. The van der Waals surface area contributed by atoms with Crippen LogP contribution in [0.1, 0.15) is 11.4 Å². The lowest BCUT2D eigenvalue weighted by Crippen LogP contribution is -2.49. The maximum absolute atomic E-state index is 12.9. The van der Waals surface area contributed by atoms with Gasteiger partial charge in [0.2, 0.25) is 5.91 Å². The lowest BCUT2D eigenvalue weighted by atomic mass is 10.1. The number of amides is 1. The quantitative estimate of drug-likeness (QED) is 0.650. The third kappa shape index (κ3) is 4.45. The number of piperazine rings is 1. The molecule has 4 rings (SSSR count). The van der Waals surface area contributed by atoms with Crippen LogP contribution in [0.25, 0.3) is 11.5 Å². The van der Waals surface area contributed by atoms with Crippen molar-refractivity contribution in [3.63, 3.8) is 0 Å². The van der Waals surface area contributed by atoms with E-state index in [-0.39, 0.29) is 12.3 Å². The third-order valence-electron chi connectivity index (χ3n) is 4.97. The van der Waals surface area contributed by atoms with E-state index < -0.39 is 11.7 Å². The maximum Gasteiger partial charge on any atom is 0.416 e. The molecule has 0 atom stereocenters. The Hall–Kier alpha value is -3.36. The Labute approximate surface area is 170 Å². The Balaban J connectivity index is 1.34. The molecule has 1 aliphatic heterocycles. The highest BCUT2D eigenvalue weighted by Gasteiger charge is 2.31. The Morgan fingerprint density at radius 3 is 2.43 bits per heavy atom. The summed E-state index contributed by atoms with van der Waals surface area (Å²) in [7, 11) is 0. The molecule has 156 valence electrons. The molecule has 0 N–H and O–H groups in total. The van der Waals surface area contributed by atoms with Gasteiger partial charge < -0.3 is 14.3 Å². The van der Waals surface area contributed by atoms with Gasteiger partial charge in [-0.05, 0) is 30.3 Å². The lowest BCUT2D eigenvalue weighted by Gasteiger charge is -2.36. The predicted molar refractivity (Wildman–Crippen MR) is 104 cm³/mol. The molecule has 0 aliphatic carbocycles. The molecule has 0 spiro atoms. The molecule has 30 heavy (non-hydrogen) atoms. The number of hydrogen-bond acceptors (Lipinski definition) is 5. The highest BCUT2D eigenvalue weighted by molar-refractivity contribution is 5.78. The van der Waals surface area contributed by atoms with Crippen molar-refractivity contribution in [2.75, 3.05) is 31.1 Å². The van der Waals surface area contributed by atoms with Gasteiger partial charge in [0.1, 0.15) is 0 Å². The second kappa shape index (κ2) is 8.17. The van der Waals surface area contributed by atoms with Gasteiger partial charge in [-0.25, -0.2) is 0 Å². The van der Waals surface area contributed by atoms with Crippen LogP contribution in [0.5, 0.6) is 0 Å². The Kier molecular flexibility index (Phi) is 5.43. The van der Waals surface area contributed by atoms with Crippen LogP contribution in [0, 0.1) is 0 Å². The van der Waals surface area contributed by atoms with Gasteiger partial charge in [0.25, 0.3) is 5.89 Å². The van der Waals surface area contributed by atoms with Gasteiger partial charge in [0.15, 0.2) is 5.82 Å². The first kappa shape index (κ1) is 19.9. The van der Waals surface area contributed by atoms with E-state index in [2.05, 4.69) is 10.1 Å².